The minimum Gasteiger partial charge on any atom is -0.507 e. The molecule has 1 N–H and O–H groups in total. The largest absolute Gasteiger partial charge is 0.507 e. The SMILES string of the molecule is [O]Cc1cccc(O)c1C(F)(F)F. The molecule has 0 atom stereocenters. The number of halogens is 3. The fraction of sp³-hybridized carbons (Fsp3) is 0.250. The third kappa shape index (κ3) is 1.92. The number of alkyl halides is 3. The average molecular weight is 191 g/mol. The Labute approximate surface area is 72.2 Å². The Morgan fingerprint density at radius 1 is 1.31 bits per heavy atom. The molecule has 0 aliphatic heterocycles. The monoisotopic (exact) mass is 191 g/mol. The molecule has 1 aromatic carbocycles. The number of phenols is 1. The Balaban J connectivity index is 3.32. The van der Waals surface area contributed by atoms with E-state index in [1.807, 2.05) is 0 Å². The van der Waals surface area contributed by atoms with E-state index < -0.39 is 29.7 Å². The summed E-state index contributed by atoms with van der Waals surface area (Å²) in [5, 5.41) is 19.2. The van der Waals surface area contributed by atoms with Crippen LogP contribution < -0.4 is 0 Å². The second-order valence-electron chi connectivity index (χ2n) is 2.45. The van der Waals surface area contributed by atoms with Crippen molar-refractivity contribution in [3.8, 4) is 5.75 Å². The molecule has 0 unspecified atom stereocenters. The Bertz CT molecular complexity index is 307. The van der Waals surface area contributed by atoms with E-state index in [0.29, 0.717) is 0 Å². The second kappa shape index (κ2) is 3.26. The molecule has 71 valence electrons. The van der Waals surface area contributed by atoms with E-state index in [2.05, 4.69) is 0 Å². The first-order valence-corrected chi connectivity index (χ1v) is 3.43. The lowest BCUT2D eigenvalue weighted by molar-refractivity contribution is -0.140. The van der Waals surface area contributed by atoms with Crippen LogP contribution in [0.15, 0.2) is 18.2 Å². The summed E-state index contributed by atoms with van der Waals surface area (Å²) in [6, 6.07) is 3.16. The van der Waals surface area contributed by atoms with Gasteiger partial charge in [0.1, 0.15) is 17.9 Å². The molecule has 5 heteroatoms. The Morgan fingerprint density at radius 2 is 1.92 bits per heavy atom. The smallest absolute Gasteiger partial charge is 0.420 e. The van der Waals surface area contributed by atoms with Gasteiger partial charge in [-0.15, -0.1) is 0 Å². The topological polar surface area (TPSA) is 40.1 Å². The summed E-state index contributed by atoms with van der Waals surface area (Å²) >= 11 is 0. The van der Waals surface area contributed by atoms with Crippen LogP contribution in [-0.2, 0) is 17.9 Å². The quantitative estimate of drug-likeness (QED) is 0.727. The fourth-order valence-corrected chi connectivity index (χ4v) is 1.03. The number of rotatable bonds is 1. The van der Waals surface area contributed by atoms with Crippen molar-refractivity contribution in [2.24, 2.45) is 0 Å². The molecule has 0 aliphatic carbocycles. The third-order valence-corrected chi connectivity index (χ3v) is 1.57. The zero-order valence-electron chi connectivity index (χ0n) is 6.43. The molecule has 0 heterocycles. The van der Waals surface area contributed by atoms with E-state index in [1.54, 1.807) is 0 Å². The first kappa shape index (κ1) is 9.85. The van der Waals surface area contributed by atoms with Crippen LogP contribution in [0.4, 0.5) is 13.2 Å². The van der Waals surface area contributed by atoms with Crippen molar-refractivity contribution in [3.63, 3.8) is 0 Å². The molecule has 2 nitrogen and oxygen atoms in total. The van der Waals surface area contributed by atoms with E-state index in [4.69, 9.17) is 5.11 Å². The maximum absolute atomic E-state index is 12.2. The highest BCUT2D eigenvalue weighted by atomic mass is 19.4. The molecule has 0 bridgehead atoms. The maximum atomic E-state index is 12.2. The van der Waals surface area contributed by atoms with Gasteiger partial charge in [0.15, 0.2) is 0 Å². The van der Waals surface area contributed by atoms with Crippen LogP contribution in [0.25, 0.3) is 0 Å². The summed E-state index contributed by atoms with van der Waals surface area (Å²) in [7, 11) is 0. The highest BCUT2D eigenvalue weighted by molar-refractivity contribution is 5.40. The Hall–Kier alpha value is -1.23. The minimum absolute atomic E-state index is 0.437. The lowest BCUT2D eigenvalue weighted by Crippen LogP contribution is -2.09. The van der Waals surface area contributed by atoms with Crippen molar-refractivity contribution in [2.75, 3.05) is 0 Å². The van der Waals surface area contributed by atoms with Crippen molar-refractivity contribution in [2.45, 2.75) is 12.8 Å². The van der Waals surface area contributed by atoms with Crippen molar-refractivity contribution in [3.05, 3.63) is 29.3 Å². The first-order chi connectivity index (χ1) is 5.96. The highest BCUT2D eigenvalue weighted by Gasteiger charge is 2.36. The molecule has 0 aromatic heterocycles. The summed E-state index contributed by atoms with van der Waals surface area (Å²) in [5.41, 5.74) is -1.67. The number of hydrogen-bond donors (Lipinski definition) is 1. The summed E-state index contributed by atoms with van der Waals surface area (Å²) in [5.74, 6) is -0.902. The van der Waals surface area contributed by atoms with Crippen LogP contribution in [-0.4, -0.2) is 5.11 Å². The number of hydrogen-bond acceptors (Lipinski definition) is 1. The van der Waals surface area contributed by atoms with Gasteiger partial charge in [-0.05, 0) is 11.6 Å². The van der Waals surface area contributed by atoms with Crippen LogP contribution >= 0.6 is 0 Å². The summed E-state index contributed by atoms with van der Waals surface area (Å²) in [4.78, 5) is 0. The van der Waals surface area contributed by atoms with Crippen LogP contribution in [0.1, 0.15) is 11.1 Å². The van der Waals surface area contributed by atoms with Crippen molar-refractivity contribution in [1.29, 1.82) is 0 Å². The van der Waals surface area contributed by atoms with E-state index in [-0.39, 0.29) is 0 Å². The van der Waals surface area contributed by atoms with Gasteiger partial charge in [-0.2, -0.15) is 13.2 Å². The van der Waals surface area contributed by atoms with Gasteiger partial charge in [-0.1, -0.05) is 12.1 Å². The standard InChI is InChI=1S/C8H6F3O2/c9-8(10,11)7-5(4-12)2-1-3-6(7)13/h1-3,13H,4H2. The van der Waals surface area contributed by atoms with Gasteiger partial charge in [-0.25, -0.2) is 5.11 Å². The molecule has 1 radical (unpaired) electrons. The van der Waals surface area contributed by atoms with Gasteiger partial charge in [0.2, 0.25) is 0 Å². The van der Waals surface area contributed by atoms with E-state index in [1.165, 1.54) is 6.07 Å². The van der Waals surface area contributed by atoms with E-state index >= 15 is 0 Å². The highest BCUT2D eigenvalue weighted by Crippen LogP contribution is 2.37. The maximum Gasteiger partial charge on any atom is 0.420 e. The van der Waals surface area contributed by atoms with Crippen LogP contribution in [0.5, 0.6) is 5.75 Å². The summed E-state index contributed by atoms with van der Waals surface area (Å²) < 4.78 is 36.6. The van der Waals surface area contributed by atoms with Crippen molar-refractivity contribution < 1.29 is 23.4 Å². The molecular weight excluding hydrogens is 185 g/mol. The predicted molar refractivity (Wildman–Crippen MR) is 37.5 cm³/mol. The normalized spacial score (nSPS) is 11.7. The van der Waals surface area contributed by atoms with Crippen LogP contribution in [0.3, 0.4) is 0 Å². The van der Waals surface area contributed by atoms with Gasteiger partial charge in [-0.3, -0.25) is 0 Å². The lowest BCUT2D eigenvalue weighted by atomic mass is 10.1. The fourth-order valence-electron chi connectivity index (χ4n) is 1.03. The Kier molecular flexibility index (Phi) is 2.47. The van der Waals surface area contributed by atoms with Crippen molar-refractivity contribution in [1.82, 2.24) is 0 Å². The zero-order valence-corrected chi connectivity index (χ0v) is 6.43. The molecule has 1 rings (SSSR count). The third-order valence-electron chi connectivity index (χ3n) is 1.57. The van der Waals surface area contributed by atoms with E-state index in [9.17, 15) is 18.3 Å². The molecule has 0 aliphatic rings. The molecule has 0 amide bonds. The second-order valence-corrected chi connectivity index (χ2v) is 2.45. The molecule has 0 saturated heterocycles. The lowest BCUT2D eigenvalue weighted by Gasteiger charge is -2.11. The molecule has 0 saturated carbocycles. The molecule has 1 aromatic rings. The van der Waals surface area contributed by atoms with Gasteiger partial charge < -0.3 is 5.11 Å². The first-order valence-electron chi connectivity index (χ1n) is 3.43. The predicted octanol–water partition coefficient (Wildman–Crippen LogP) is 2.34. The summed E-state index contributed by atoms with van der Waals surface area (Å²) in [6.45, 7) is -0.997. The van der Waals surface area contributed by atoms with Crippen molar-refractivity contribution >= 4 is 0 Å². The zero-order chi connectivity index (χ0) is 10.1. The molecule has 0 spiro atoms. The number of aromatic hydroxyl groups is 1. The van der Waals surface area contributed by atoms with Gasteiger partial charge in [0, 0.05) is 0 Å². The Morgan fingerprint density at radius 3 is 2.31 bits per heavy atom. The van der Waals surface area contributed by atoms with Crippen LogP contribution in [0, 0.1) is 0 Å². The average Bonchev–Trinajstić information content (AvgIpc) is 2.01. The number of phenolic OH excluding ortho intramolecular Hbond substituents is 1. The molecule has 13 heavy (non-hydrogen) atoms. The molecule has 0 fully saturated rings. The number of benzene rings is 1. The van der Waals surface area contributed by atoms with Gasteiger partial charge in [0.25, 0.3) is 0 Å². The van der Waals surface area contributed by atoms with Gasteiger partial charge in [0.05, 0.1) is 0 Å². The minimum atomic E-state index is -4.68. The van der Waals surface area contributed by atoms with E-state index in [0.717, 1.165) is 12.1 Å². The molecular formula is C8H6F3O2. The summed E-state index contributed by atoms with van der Waals surface area (Å²) in [6.07, 6.45) is -4.68. The van der Waals surface area contributed by atoms with Crippen LogP contribution in [0.2, 0.25) is 0 Å². The van der Waals surface area contributed by atoms with Gasteiger partial charge >= 0.3 is 6.18 Å².